The van der Waals surface area contributed by atoms with Crippen LogP contribution >= 0.6 is 39.1 Å². The van der Waals surface area contributed by atoms with E-state index in [1.807, 2.05) is 30.3 Å². The van der Waals surface area contributed by atoms with Gasteiger partial charge in [-0.1, -0.05) is 75.5 Å². The lowest BCUT2D eigenvalue weighted by Gasteiger charge is -2.34. The van der Waals surface area contributed by atoms with Crippen LogP contribution in [-0.2, 0) is 25.7 Å². The first-order chi connectivity index (χ1) is 18.7. The SMILES string of the molecule is O=C1C2C(c3ccc(Cl)c(Cl)c3)N3CC(OCc4ccccc4)CC3(C(=O)O)C2C(=O)N1c1ccc(Br)cc1. The predicted octanol–water partition coefficient (Wildman–Crippen LogP) is 5.73. The number of rotatable bonds is 6. The van der Waals surface area contributed by atoms with Crippen LogP contribution in [0.5, 0.6) is 0 Å². The molecule has 39 heavy (non-hydrogen) atoms. The van der Waals surface area contributed by atoms with Gasteiger partial charge in [-0.3, -0.25) is 19.3 Å². The van der Waals surface area contributed by atoms with Crippen LogP contribution in [0.4, 0.5) is 5.69 Å². The van der Waals surface area contributed by atoms with E-state index in [0.29, 0.717) is 22.9 Å². The van der Waals surface area contributed by atoms with Crippen molar-refractivity contribution in [2.24, 2.45) is 11.8 Å². The number of aliphatic carboxylic acids is 1. The molecule has 3 aromatic rings. The average molecular weight is 630 g/mol. The number of carboxylic acids is 1. The molecule has 3 aliphatic rings. The molecule has 2 amide bonds. The van der Waals surface area contributed by atoms with Crippen LogP contribution in [0, 0.1) is 11.8 Å². The maximum absolute atomic E-state index is 14.0. The van der Waals surface area contributed by atoms with Crippen molar-refractivity contribution >= 4 is 62.6 Å². The van der Waals surface area contributed by atoms with E-state index >= 15 is 0 Å². The van der Waals surface area contributed by atoms with Gasteiger partial charge in [0.2, 0.25) is 11.8 Å². The van der Waals surface area contributed by atoms with E-state index in [0.717, 1.165) is 14.9 Å². The highest BCUT2D eigenvalue weighted by atomic mass is 79.9. The van der Waals surface area contributed by atoms with Crippen LogP contribution in [0.2, 0.25) is 10.0 Å². The fourth-order valence-electron chi connectivity index (χ4n) is 6.46. The van der Waals surface area contributed by atoms with Crippen molar-refractivity contribution < 1.29 is 24.2 Å². The van der Waals surface area contributed by atoms with E-state index in [9.17, 15) is 19.5 Å². The molecule has 6 rings (SSSR count). The summed E-state index contributed by atoms with van der Waals surface area (Å²) in [5, 5.41) is 11.4. The lowest BCUT2D eigenvalue weighted by molar-refractivity contribution is -0.153. The van der Waals surface area contributed by atoms with E-state index in [2.05, 4.69) is 15.9 Å². The minimum atomic E-state index is -1.63. The van der Waals surface area contributed by atoms with Crippen molar-refractivity contribution in [3.05, 3.63) is 98.4 Å². The smallest absolute Gasteiger partial charge is 0.325 e. The Kier molecular flexibility index (Phi) is 6.80. The minimum absolute atomic E-state index is 0.0708. The summed E-state index contributed by atoms with van der Waals surface area (Å²) in [7, 11) is 0. The van der Waals surface area contributed by atoms with E-state index in [4.69, 9.17) is 27.9 Å². The number of halogens is 3. The number of ether oxygens (including phenoxy) is 1. The van der Waals surface area contributed by atoms with Gasteiger partial charge >= 0.3 is 5.97 Å². The van der Waals surface area contributed by atoms with Gasteiger partial charge in [-0.05, 0) is 47.5 Å². The number of carbonyl (C=O) groups excluding carboxylic acids is 2. The van der Waals surface area contributed by atoms with Gasteiger partial charge in [-0.2, -0.15) is 0 Å². The molecule has 7 nitrogen and oxygen atoms in total. The molecule has 5 atom stereocenters. The molecule has 3 aromatic carbocycles. The molecule has 3 saturated heterocycles. The fraction of sp³-hybridized carbons (Fsp3) is 0.276. The number of hydrogen-bond donors (Lipinski definition) is 1. The molecule has 0 bridgehead atoms. The summed E-state index contributed by atoms with van der Waals surface area (Å²) < 4.78 is 6.99. The monoisotopic (exact) mass is 628 g/mol. The highest BCUT2D eigenvalue weighted by Crippen LogP contribution is 2.60. The Morgan fingerprint density at radius 3 is 2.38 bits per heavy atom. The second kappa shape index (κ2) is 10.0. The Morgan fingerprint density at radius 2 is 1.72 bits per heavy atom. The van der Waals surface area contributed by atoms with Crippen LogP contribution in [0.15, 0.2) is 77.3 Å². The lowest BCUT2D eigenvalue weighted by Crippen LogP contribution is -2.54. The van der Waals surface area contributed by atoms with Crippen molar-refractivity contribution in [1.82, 2.24) is 4.90 Å². The van der Waals surface area contributed by atoms with Crippen LogP contribution in [0.3, 0.4) is 0 Å². The van der Waals surface area contributed by atoms with Gasteiger partial charge in [0.1, 0.15) is 5.54 Å². The van der Waals surface area contributed by atoms with Crippen molar-refractivity contribution in [3.63, 3.8) is 0 Å². The number of hydrogen-bond acceptors (Lipinski definition) is 5. The number of benzene rings is 3. The minimum Gasteiger partial charge on any atom is -0.480 e. The summed E-state index contributed by atoms with van der Waals surface area (Å²) in [5.74, 6) is -4.11. The molecule has 1 N–H and O–H groups in total. The second-order valence-corrected chi connectivity index (χ2v) is 11.8. The van der Waals surface area contributed by atoms with Crippen LogP contribution in [0.25, 0.3) is 0 Å². The number of amides is 2. The summed E-state index contributed by atoms with van der Waals surface area (Å²) in [6.45, 7) is 0.550. The van der Waals surface area contributed by atoms with Gasteiger partial charge in [0, 0.05) is 23.5 Å². The molecule has 3 heterocycles. The number of anilines is 1. The van der Waals surface area contributed by atoms with Crippen LogP contribution in [0.1, 0.15) is 23.6 Å². The zero-order valence-corrected chi connectivity index (χ0v) is 23.6. The largest absolute Gasteiger partial charge is 0.480 e. The van der Waals surface area contributed by atoms with Gasteiger partial charge in [-0.15, -0.1) is 0 Å². The molecule has 3 aliphatic heterocycles. The molecule has 5 unspecified atom stereocenters. The summed E-state index contributed by atoms with van der Waals surface area (Å²) in [6.07, 6.45) is -0.390. The van der Waals surface area contributed by atoms with Crippen LogP contribution in [-0.4, -0.2) is 46.0 Å². The molecule has 3 fully saturated rings. The Hall–Kier alpha value is -2.75. The summed E-state index contributed by atoms with van der Waals surface area (Å²) in [6, 6.07) is 20.7. The number of carbonyl (C=O) groups is 3. The van der Waals surface area contributed by atoms with Gasteiger partial charge in [0.25, 0.3) is 0 Å². The zero-order chi connectivity index (χ0) is 27.5. The zero-order valence-electron chi connectivity index (χ0n) is 20.5. The molecular formula is C29H23BrCl2N2O5. The summed E-state index contributed by atoms with van der Waals surface area (Å²) in [5.41, 5.74) is 0.364. The third kappa shape index (κ3) is 4.21. The number of carboxylic acid groups (broad SMARTS) is 1. The van der Waals surface area contributed by atoms with Gasteiger partial charge in [0.15, 0.2) is 0 Å². The van der Waals surface area contributed by atoms with Crippen molar-refractivity contribution in [3.8, 4) is 0 Å². The normalized spacial score (nSPS) is 28.1. The van der Waals surface area contributed by atoms with E-state index in [1.54, 1.807) is 47.4 Å². The highest BCUT2D eigenvalue weighted by Gasteiger charge is 2.74. The molecule has 200 valence electrons. The Balaban J connectivity index is 1.43. The predicted molar refractivity (Wildman–Crippen MR) is 150 cm³/mol. The van der Waals surface area contributed by atoms with Crippen molar-refractivity contribution in [1.29, 1.82) is 0 Å². The third-order valence-corrected chi connectivity index (χ3v) is 9.33. The van der Waals surface area contributed by atoms with Crippen LogP contribution < -0.4 is 4.90 Å². The molecule has 0 aliphatic carbocycles. The molecule has 10 heteroatoms. The van der Waals surface area contributed by atoms with Gasteiger partial charge < -0.3 is 9.84 Å². The quantitative estimate of drug-likeness (QED) is 0.351. The first kappa shape index (κ1) is 26.5. The maximum atomic E-state index is 14.0. The molecule has 0 spiro atoms. The van der Waals surface area contributed by atoms with E-state index in [1.165, 1.54) is 0 Å². The van der Waals surface area contributed by atoms with Gasteiger partial charge in [0.05, 0.1) is 40.3 Å². The standard InChI is InChI=1S/C29H23BrCl2N2O5/c30-18-7-9-19(10-8-18)34-26(35)23-24(27(34)36)29(28(37)38)13-20(39-15-16-4-2-1-3-5-16)14-33(29)25(23)17-6-11-21(31)22(32)12-17/h1-12,20,23-25H,13-15H2,(H,37,38). The number of nitrogens with zero attached hydrogens (tertiary/aromatic N) is 2. The number of fused-ring (bicyclic) bond motifs is 3. The van der Waals surface area contributed by atoms with E-state index < -0.39 is 47.3 Å². The molecule has 0 radical (unpaired) electrons. The Labute approximate surface area is 243 Å². The summed E-state index contributed by atoms with van der Waals surface area (Å²) >= 11 is 15.9. The van der Waals surface area contributed by atoms with Crippen molar-refractivity contribution in [2.75, 3.05) is 11.4 Å². The molecule has 0 saturated carbocycles. The third-order valence-electron chi connectivity index (χ3n) is 8.06. The number of imide groups is 1. The lowest BCUT2D eigenvalue weighted by atomic mass is 9.77. The highest BCUT2D eigenvalue weighted by molar-refractivity contribution is 9.10. The molecule has 0 aromatic heterocycles. The summed E-state index contributed by atoms with van der Waals surface area (Å²) in [4.78, 5) is 44.1. The second-order valence-electron chi connectivity index (χ2n) is 10.1. The Bertz CT molecular complexity index is 1470. The Morgan fingerprint density at radius 1 is 1.00 bits per heavy atom. The molecular weight excluding hydrogens is 607 g/mol. The van der Waals surface area contributed by atoms with E-state index in [-0.39, 0.29) is 18.0 Å². The first-order valence-corrected chi connectivity index (χ1v) is 14.0. The topological polar surface area (TPSA) is 87.1 Å². The van der Waals surface area contributed by atoms with Gasteiger partial charge in [-0.25, -0.2) is 4.90 Å². The van der Waals surface area contributed by atoms with Crippen molar-refractivity contribution in [2.45, 2.75) is 30.7 Å². The maximum Gasteiger partial charge on any atom is 0.325 e. The fourth-order valence-corrected chi connectivity index (χ4v) is 7.03. The first-order valence-electron chi connectivity index (χ1n) is 12.5. The average Bonchev–Trinajstić information content (AvgIpc) is 3.51.